The second-order valence-corrected chi connectivity index (χ2v) is 6.57. The van der Waals surface area contributed by atoms with Crippen molar-refractivity contribution in [2.45, 2.75) is 39.3 Å². The van der Waals surface area contributed by atoms with Crippen molar-refractivity contribution in [2.24, 2.45) is 0 Å². The Morgan fingerprint density at radius 3 is 2.48 bits per heavy atom. The van der Waals surface area contributed by atoms with E-state index in [0.717, 1.165) is 70.2 Å². The van der Waals surface area contributed by atoms with Gasteiger partial charge in [0.1, 0.15) is 0 Å². The van der Waals surface area contributed by atoms with Crippen LogP contribution in [-0.2, 0) is 19.5 Å². The van der Waals surface area contributed by atoms with Crippen LogP contribution in [0.1, 0.15) is 42.6 Å². The van der Waals surface area contributed by atoms with Gasteiger partial charge in [-0.1, -0.05) is 24.2 Å². The van der Waals surface area contributed by atoms with Gasteiger partial charge in [-0.05, 0) is 43.6 Å². The zero-order valence-electron chi connectivity index (χ0n) is 14.8. The molecular weight excluding hydrogens is 314 g/mol. The molecule has 2 aromatic rings. The van der Waals surface area contributed by atoms with Crippen molar-refractivity contribution in [2.75, 3.05) is 26.2 Å². The minimum absolute atomic E-state index is 0.716. The summed E-state index contributed by atoms with van der Waals surface area (Å²) in [5.74, 6) is 1.54. The Morgan fingerprint density at radius 2 is 1.80 bits per heavy atom. The predicted molar refractivity (Wildman–Crippen MR) is 94.6 cm³/mol. The fraction of sp³-hybridized carbons (Fsp3) is 0.526. The largest absolute Gasteiger partial charge is 0.338 e. The van der Waals surface area contributed by atoms with Crippen molar-refractivity contribution < 1.29 is 4.52 Å². The molecule has 1 aliphatic rings. The summed E-state index contributed by atoms with van der Waals surface area (Å²) in [6.45, 7) is 7.95. The first-order valence-corrected chi connectivity index (χ1v) is 9.02. The Balaban J connectivity index is 1.50. The topological polar surface area (TPSA) is 69.2 Å². The van der Waals surface area contributed by atoms with Gasteiger partial charge in [-0.2, -0.15) is 10.2 Å². The zero-order valence-corrected chi connectivity index (χ0v) is 14.8. The van der Waals surface area contributed by atoms with Crippen molar-refractivity contribution in [1.82, 2.24) is 19.9 Å². The summed E-state index contributed by atoms with van der Waals surface area (Å²) in [5, 5.41) is 12.9. The molecule has 6 heteroatoms. The quantitative estimate of drug-likeness (QED) is 0.806. The molecular formula is C19H25N5O. The van der Waals surface area contributed by atoms with E-state index < -0.39 is 0 Å². The van der Waals surface area contributed by atoms with E-state index in [1.165, 1.54) is 5.56 Å². The van der Waals surface area contributed by atoms with Crippen LogP contribution in [0, 0.1) is 11.3 Å². The van der Waals surface area contributed by atoms with E-state index in [0.29, 0.717) is 5.56 Å². The van der Waals surface area contributed by atoms with Gasteiger partial charge in [0, 0.05) is 26.1 Å². The standard InChI is InChI=1S/C19H25N5O/c1-2-4-18-21-19(25-22-18)15-24-10-3-9-23(11-12-24)14-17-7-5-16(13-20)6-8-17/h5-8H,2-4,9-12,14-15H2,1H3. The Morgan fingerprint density at radius 1 is 1.08 bits per heavy atom. The maximum absolute atomic E-state index is 8.89. The fourth-order valence-corrected chi connectivity index (χ4v) is 3.15. The third kappa shape index (κ3) is 5.12. The van der Waals surface area contributed by atoms with Gasteiger partial charge in [-0.3, -0.25) is 9.80 Å². The number of nitrogens with zero attached hydrogens (tertiary/aromatic N) is 5. The maximum Gasteiger partial charge on any atom is 0.240 e. The van der Waals surface area contributed by atoms with Crippen LogP contribution >= 0.6 is 0 Å². The van der Waals surface area contributed by atoms with Crippen molar-refractivity contribution in [1.29, 1.82) is 5.26 Å². The molecule has 0 atom stereocenters. The van der Waals surface area contributed by atoms with Crippen LogP contribution in [0.4, 0.5) is 0 Å². The van der Waals surface area contributed by atoms with Gasteiger partial charge < -0.3 is 4.52 Å². The van der Waals surface area contributed by atoms with Gasteiger partial charge in [0.25, 0.3) is 0 Å². The van der Waals surface area contributed by atoms with Crippen molar-refractivity contribution in [3.05, 3.63) is 47.1 Å². The molecule has 1 saturated heterocycles. The molecule has 1 aliphatic heterocycles. The molecule has 0 amide bonds. The summed E-state index contributed by atoms with van der Waals surface area (Å²) in [6.07, 6.45) is 3.04. The van der Waals surface area contributed by atoms with Gasteiger partial charge in [0.15, 0.2) is 5.82 Å². The summed E-state index contributed by atoms with van der Waals surface area (Å²) in [7, 11) is 0. The highest BCUT2D eigenvalue weighted by atomic mass is 16.5. The molecule has 0 N–H and O–H groups in total. The molecule has 1 aromatic heterocycles. The van der Waals surface area contributed by atoms with Gasteiger partial charge in [0.05, 0.1) is 18.2 Å². The minimum atomic E-state index is 0.716. The maximum atomic E-state index is 8.89. The van der Waals surface area contributed by atoms with Crippen molar-refractivity contribution in [3.8, 4) is 6.07 Å². The lowest BCUT2D eigenvalue weighted by molar-refractivity contribution is 0.222. The lowest BCUT2D eigenvalue weighted by atomic mass is 10.1. The zero-order chi connectivity index (χ0) is 17.5. The number of hydrogen-bond donors (Lipinski definition) is 0. The highest BCUT2D eigenvalue weighted by molar-refractivity contribution is 5.31. The molecule has 0 aliphatic carbocycles. The van der Waals surface area contributed by atoms with Crippen LogP contribution in [0.3, 0.4) is 0 Å². The van der Waals surface area contributed by atoms with E-state index in [2.05, 4.69) is 45.1 Å². The van der Waals surface area contributed by atoms with E-state index in [1.807, 2.05) is 12.1 Å². The number of rotatable bonds is 6. The average Bonchev–Trinajstić information content (AvgIpc) is 2.95. The number of hydrogen-bond acceptors (Lipinski definition) is 6. The molecule has 2 heterocycles. The molecule has 3 rings (SSSR count). The normalized spacial score (nSPS) is 16.5. The lowest BCUT2D eigenvalue weighted by Gasteiger charge is -2.21. The third-order valence-corrected chi connectivity index (χ3v) is 4.51. The molecule has 1 aromatic carbocycles. The molecule has 6 nitrogen and oxygen atoms in total. The average molecular weight is 339 g/mol. The van der Waals surface area contributed by atoms with Crippen LogP contribution in [0.2, 0.25) is 0 Å². The van der Waals surface area contributed by atoms with E-state index in [4.69, 9.17) is 9.78 Å². The molecule has 1 fully saturated rings. The molecule has 0 spiro atoms. The fourth-order valence-electron chi connectivity index (χ4n) is 3.15. The highest BCUT2D eigenvalue weighted by Gasteiger charge is 2.17. The van der Waals surface area contributed by atoms with E-state index in [9.17, 15) is 0 Å². The minimum Gasteiger partial charge on any atom is -0.338 e. The summed E-state index contributed by atoms with van der Waals surface area (Å²) < 4.78 is 5.36. The molecule has 0 unspecified atom stereocenters. The number of nitriles is 1. The summed E-state index contributed by atoms with van der Waals surface area (Å²) in [5.41, 5.74) is 1.97. The van der Waals surface area contributed by atoms with Crippen LogP contribution in [0.25, 0.3) is 0 Å². The van der Waals surface area contributed by atoms with Gasteiger partial charge in [-0.25, -0.2) is 0 Å². The van der Waals surface area contributed by atoms with E-state index in [-0.39, 0.29) is 0 Å². The van der Waals surface area contributed by atoms with Crippen LogP contribution in [0.15, 0.2) is 28.8 Å². The Hall–Kier alpha value is -2.23. The lowest BCUT2D eigenvalue weighted by Crippen LogP contribution is -2.30. The Bertz CT molecular complexity index is 703. The van der Waals surface area contributed by atoms with Crippen LogP contribution < -0.4 is 0 Å². The first-order chi connectivity index (χ1) is 12.3. The number of aryl methyl sites for hydroxylation is 1. The van der Waals surface area contributed by atoms with E-state index >= 15 is 0 Å². The predicted octanol–water partition coefficient (Wildman–Crippen LogP) is 2.60. The summed E-state index contributed by atoms with van der Waals surface area (Å²) in [6, 6.07) is 10.1. The molecule has 0 bridgehead atoms. The molecule has 132 valence electrons. The van der Waals surface area contributed by atoms with Crippen LogP contribution in [-0.4, -0.2) is 46.1 Å². The van der Waals surface area contributed by atoms with Gasteiger partial charge in [-0.15, -0.1) is 0 Å². The first-order valence-electron chi connectivity index (χ1n) is 9.02. The number of aromatic nitrogens is 2. The van der Waals surface area contributed by atoms with Crippen molar-refractivity contribution >= 4 is 0 Å². The van der Waals surface area contributed by atoms with Gasteiger partial charge in [0.2, 0.25) is 5.89 Å². The SMILES string of the molecule is CCCc1noc(CN2CCCN(Cc3ccc(C#N)cc3)CC2)n1. The summed E-state index contributed by atoms with van der Waals surface area (Å²) >= 11 is 0. The summed E-state index contributed by atoms with van der Waals surface area (Å²) in [4.78, 5) is 9.33. The smallest absolute Gasteiger partial charge is 0.240 e. The second kappa shape index (κ2) is 8.75. The Labute approximate surface area is 149 Å². The van der Waals surface area contributed by atoms with Crippen LogP contribution in [0.5, 0.6) is 0 Å². The van der Waals surface area contributed by atoms with Gasteiger partial charge >= 0.3 is 0 Å². The third-order valence-electron chi connectivity index (χ3n) is 4.51. The molecule has 25 heavy (non-hydrogen) atoms. The molecule has 0 radical (unpaired) electrons. The van der Waals surface area contributed by atoms with Crippen molar-refractivity contribution in [3.63, 3.8) is 0 Å². The van der Waals surface area contributed by atoms with E-state index in [1.54, 1.807) is 0 Å². The second-order valence-electron chi connectivity index (χ2n) is 6.57. The highest BCUT2D eigenvalue weighted by Crippen LogP contribution is 2.12. The Kier molecular flexibility index (Phi) is 6.15. The first kappa shape index (κ1) is 17.6. The monoisotopic (exact) mass is 339 g/mol. The number of benzene rings is 1. The molecule has 0 saturated carbocycles.